The predicted octanol–water partition coefficient (Wildman–Crippen LogP) is 1.56. The van der Waals surface area contributed by atoms with E-state index >= 15 is 0 Å². The van der Waals surface area contributed by atoms with Crippen molar-refractivity contribution in [3.05, 3.63) is 28.7 Å². The van der Waals surface area contributed by atoms with Gasteiger partial charge in [-0.15, -0.1) is 0 Å². The fourth-order valence-corrected chi connectivity index (χ4v) is 4.10. The zero-order valence-corrected chi connectivity index (χ0v) is 11.7. The Kier molecular flexibility index (Phi) is 3.87. The van der Waals surface area contributed by atoms with Crippen molar-refractivity contribution in [3.63, 3.8) is 0 Å². The fraction of sp³-hybridized carbons (Fsp3) is 0.455. The van der Waals surface area contributed by atoms with Crippen LogP contribution in [0.15, 0.2) is 33.6 Å². The van der Waals surface area contributed by atoms with Crippen LogP contribution in [0.2, 0.25) is 0 Å². The minimum absolute atomic E-state index is 0.0503. The van der Waals surface area contributed by atoms with Crippen LogP contribution in [-0.2, 0) is 10.0 Å². The maximum atomic E-state index is 12.3. The number of hydrogen-bond donors (Lipinski definition) is 1. The lowest BCUT2D eigenvalue weighted by atomic mass is 10.1. The lowest BCUT2D eigenvalue weighted by Gasteiger charge is -2.29. The number of sulfonamides is 1. The van der Waals surface area contributed by atoms with Crippen LogP contribution < -0.4 is 5.73 Å². The Labute approximate surface area is 110 Å². The highest BCUT2D eigenvalue weighted by Crippen LogP contribution is 2.22. The molecule has 1 atom stereocenters. The Morgan fingerprint density at radius 3 is 2.82 bits per heavy atom. The number of rotatable bonds is 2. The van der Waals surface area contributed by atoms with Crippen LogP contribution in [0.4, 0.5) is 0 Å². The molecule has 0 bridgehead atoms. The van der Waals surface area contributed by atoms with Crippen molar-refractivity contribution in [2.75, 3.05) is 13.1 Å². The van der Waals surface area contributed by atoms with Crippen molar-refractivity contribution < 1.29 is 8.42 Å². The van der Waals surface area contributed by atoms with Crippen LogP contribution in [0, 0.1) is 0 Å². The molecule has 1 aliphatic rings. The van der Waals surface area contributed by atoms with Crippen molar-refractivity contribution in [2.24, 2.45) is 5.73 Å². The highest BCUT2D eigenvalue weighted by atomic mass is 79.9. The molecule has 1 aromatic carbocycles. The van der Waals surface area contributed by atoms with Gasteiger partial charge in [-0.3, -0.25) is 0 Å². The van der Waals surface area contributed by atoms with E-state index in [2.05, 4.69) is 15.9 Å². The van der Waals surface area contributed by atoms with E-state index in [9.17, 15) is 8.42 Å². The Morgan fingerprint density at radius 1 is 1.41 bits per heavy atom. The number of hydrogen-bond acceptors (Lipinski definition) is 3. The minimum Gasteiger partial charge on any atom is -0.327 e. The van der Waals surface area contributed by atoms with E-state index in [1.807, 2.05) is 0 Å². The molecule has 0 saturated carbocycles. The molecule has 0 spiro atoms. The van der Waals surface area contributed by atoms with Crippen LogP contribution in [0.5, 0.6) is 0 Å². The predicted molar refractivity (Wildman–Crippen MR) is 70.1 cm³/mol. The Hall–Kier alpha value is -0.430. The minimum atomic E-state index is -3.39. The third-order valence-electron chi connectivity index (χ3n) is 2.85. The molecule has 0 amide bonds. The molecule has 94 valence electrons. The van der Waals surface area contributed by atoms with Crippen molar-refractivity contribution >= 4 is 26.0 Å². The van der Waals surface area contributed by atoms with Gasteiger partial charge in [0, 0.05) is 23.6 Å². The molecule has 2 N–H and O–H groups in total. The van der Waals surface area contributed by atoms with Crippen LogP contribution >= 0.6 is 15.9 Å². The lowest BCUT2D eigenvalue weighted by molar-refractivity contribution is 0.316. The number of nitrogens with zero attached hydrogens (tertiary/aromatic N) is 1. The van der Waals surface area contributed by atoms with Crippen LogP contribution in [-0.4, -0.2) is 31.9 Å². The largest absolute Gasteiger partial charge is 0.327 e. The summed E-state index contributed by atoms with van der Waals surface area (Å²) in [4.78, 5) is 0.320. The van der Waals surface area contributed by atoms with Crippen LogP contribution in [0.3, 0.4) is 0 Å². The fourth-order valence-electron chi connectivity index (χ4n) is 1.97. The first-order valence-electron chi connectivity index (χ1n) is 5.51. The Bertz CT molecular complexity index is 504. The standard InChI is InChI=1S/C11H15BrN2O2S/c12-9-3-1-5-11(7-9)17(15,16)14-6-2-4-10(13)8-14/h1,3,5,7,10H,2,4,6,8,13H2/t10-/m1/s1. The summed E-state index contributed by atoms with van der Waals surface area (Å²) in [6, 6.07) is 6.71. The highest BCUT2D eigenvalue weighted by molar-refractivity contribution is 9.10. The van der Waals surface area contributed by atoms with E-state index in [1.165, 1.54) is 4.31 Å². The molecular weight excluding hydrogens is 304 g/mol. The average molecular weight is 319 g/mol. The van der Waals surface area contributed by atoms with Crippen molar-refractivity contribution in [1.82, 2.24) is 4.31 Å². The van der Waals surface area contributed by atoms with Crippen LogP contribution in [0.25, 0.3) is 0 Å². The molecular formula is C11H15BrN2O2S. The topological polar surface area (TPSA) is 63.4 Å². The summed E-state index contributed by atoms with van der Waals surface area (Å²) >= 11 is 3.28. The van der Waals surface area contributed by atoms with Gasteiger partial charge in [0.1, 0.15) is 0 Å². The van der Waals surface area contributed by atoms with Crippen molar-refractivity contribution in [2.45, 2.75) is 23.8 Å². The first-order valence-corrected chi connectivity index (χ1v) is 7.75. The van der Waals surface area contributed by atoms with Gasteiger partial charge in [-0.05, 0) is 31.0 Å². The van der Waals surface area contributed by atoms with E-state index in [0.29, 0.717) is 18.0 Å². The smallest absolute Gasteiger partial charge is 0.243 e. The molecule has 1 saturated heterocycles. The third kappa shape index (κ3) is 2.88. The normalized spacial score (nSPS) is 22.6. The summed E-state index contributed by atoms with van der Waals surface area (Å²) in [5, 5.41) is 0. The number of halogens is 1. The van der Waals surface area contributed by atoms with Gasteiger partial charge in [-0.25, -0.2) is 8.42 Å². The summed E-state index contributed by atoms with van der Waals surface area (Å²) in [5.74, 6) is 0. The molecule has 1 fully saturated rings. The second-order valence-electron chi connectivity index (χ2n) is 4.22. The molecule has 1 heterocycles. The number of nitrogens with two attached hydrogens (primary N) is 1. The van der Waals surface area contributed by atoms with Crippen molar-refractivity contribution in [3.8, 4) is 0 Å². The number of piperidine rings is 1. The highest BCUT2D eigenvalue weighted by Gasteiger charge is 2.28. The summed E-state index contributed by atoms with van der Waals surface area (Å²) in [7, 11) is -3.39. The van der Waals surface area contributed by atoms with Gasteiger partial charge in [0.2, 0.25) is 10.0 Å². The Balaban J connectivity index is 2.29. The van der Waals surface area contributed by atoms with E-state index in [4.69, 9.17) is 5.73 Å². The van der Waals surface area contributed by atoms with Crippen molar-refractivity contribution in [1.29, 1.82) is 0 Å². The second-order valence-corrected chi connectivity index (χ2v) is 7.08. The van der Waals surface area contributed by atoms with Gasteiger partial charge in [-0.1, -0.05) is 22.0 Å². The first-order chi connectivity index (χ1) is 8.00. The maximum Gasteiger partial charge on any atom is 0.243 e. The molecule has 0 aliphatic carbocycles. The van der Waals surface area contributed by atoms with E-state index in [1.54, 1.807) is 24.3 Å². The third-order valence-corrected chi connectivity index (χ3v) is 5.21. The zero-order chi connectivity index (χ0) is 12.5. The van der Waals surface area contributed by atoms with Gasteiger partial charge < -0.3 is 5.73 Å². The van der Waals surface area contributed by atoms with E-state index in [0.717, 1.165) is 17.3 Å². The van der Waals surface area contributed by atoms with Gasteiger partial charge in [0.05, 0.1) is 4.90 Å². The molecule has 1 aliphatic heterocycles. The molecule has 0 aromatic heterocycles. The summed E-state index contributed by atoms with van der Waals surface area (Å²) in [6.45, 7) is 0.970. The molecule has 2 rings (SSSR count). The maximum absolute atomic E-state index is 12.3. The monoisotopic (exact) mass is 318 g/mol. The zero-order valence-electron chi connectivity index (χ0n) is 9.34. The summed E-state index contributed by atoms with van der Waals surface area (Å²) in [6.07, 6.45) is 1.72. The molecule has 4 nitrogen and oxygen atoms in total. The van der Waals surface area contributed by atoms with Gasteiger partial charge in [0.15, 0.2) is 0 Å². The quantitative estimate of drug-likeness (QED) is 0.900. The SMILES string of the molecule is N[C@@H]1CCCN(S(=O)(=O)c2cccc(Br)c2)C1. The summed E-state index contributed by atoms with van der Waals surface area (Å²) < 4.78 is 26.9. The van der Waals surface area contributed by atoms with Gasteiger partial charge >= 0.3 is 0 Å². The molecule has 0 unspecified atom stereocenters. The van der Waals surface area contributed by atoms with E-state index in [-0.39, 0.29) is 6.04 Å². The molecule has 17 heavy (non-hydrogen) atoms. The lowest BCUT2D eigenvalue weighted by Crippen LogP contribution is -2.45. The molecule has 0 radical (unpaired) electrons. The summed E-state index contributed by atoms with van der Waals surface area (Å²) in [5.41, 5.74) is 5.81. The Morgan fingerprint density at radius 2 is 2.18 bits per heavy atom. The second kappa shape index (κ2) is 5.06. The number of benzene rings is 1. The molecule has 1 aromatic rings. The first kappa shape index (κ1) is 13.0. The van der Waals surface area contributed by atoms with E-state index < -0.39 is 10.0 Å². The van der Waals surface area contributed by atoms with Crippen LogP contribution in [0.1, 0.15) is 12.8 Å². The molecule has 6 heteroatoms. The van der Waals surface area contributed by atoms with Gasteiger partial charge in [0.25, 0.3) is 0 Å². The average Bonchev–Trinajstić information content (AvgIpc) is 2.29. The van der Waals surface area contributed by atoms with Gasteiger partial charge in [-0.2, -0.15) is 4.31 Å².